The summed E-state index contributed by atoms with van der Waals surface area (Å²) >= 11 is 5.97. The van der Waals surface area contributed by atoms with Gasteiger partial charge in [0.15, 0.2) is 5.78 Å². The van der Waals surface area contributed by atoms with E-state index in [1.165, 1.54) is 26.4 Å². The molecular formula is C34H29ClN2O7. The average molecular weight is 613 g/mol. The first kappa shape index (κ1) is 30.3. The van der Waals surface area contributed by atoms with Crippen molar-refractivity contribution in [2.75, 3.05) is 26.1 Å². The molecule has 10 heteroatoms. The number of ether oxygens (including phenoxy) is 3. The first-order valence-corrected chi connectivity index (χ1v) is 14.1. The summed E-state index contributed by atoms with van der Waals surface area (Å²) in [5.74, 6) is -1.68. The predicted molar refractivity (Wildman–Crippen MR) is 165 cm³/mol. The maximum atomic E-state index is 13.4. The van der Waals surface area contributed by atoms with Crippen LogP contribution in [0, 0.1) is 0 Å². The molecule has 0 aliphatic heterocycles. The van der Waals surface area contributed by atoms with Crippen LogP contribution in [0.1, 0.15) is 39.4 Å². The topological polar surface area (TPSA) is 120 Å². The third-order valence-electron chi connectivity index (χ3n) is 7.39. The van der Waals surface area contributed by atoms with Crippen LogP contribution in [0.2, 0.25) is 5.02 Å². The lowest BCUT2D eigenvalue weighted by Crippen LogP contribution is -2.45. The van der Waals surface area contributed by atoms with Crippen molar-refractivity contribution in [1.82, 2.24) is 5.32 Å². The fraction of sp³-hybridized carbons (Fsp3) is 0.176. The van der Waals surface area contributed by atoms with Gasteiger partial charge in [-0.2, -0.15) is 0 Å². The van der Waals surface area contributed by atoms with Gasteiger partial charge >= 0.3 is 12.1 Å². The van der Waals surface area contributed by atoms with E-state index in [1.807, 2.05) is 48.5 Å². The van der Waals surface area contributed by atoms with Crippen molar-refractivity contribution < 1.29 is 33.4 Å². The molecule has 0 fully saturated rings. The van der Waals surface area contributed by atoms with Crippen molar-refractivity contribution in [2.45, 2.75) is 18.4 Å². The van der Waals surface area contributed by atoms with Gasteiger partial charge in [0.2, 0.25) is 5.91 Å². The summed E-state index contributed by atoms with van der Waals surface area (Å²) in [5, 5.41) is 5.61. The normalized spacial score (nSPS) is 12.3. The number of carbonyl (C=O) groups excluding carboxylic acids is 4. The molecule has 0 bridgehead atoms. The number of alkyl carbamates (subject to hydrolysis) is 1. The summed E-state index contributed by atoms with van der Waals surface area (Å²) in [6.07, 6.45) is -1.36. The van der Waals surface area contributed by atoms with E-state index < -0.39 is 36.2 Å². The van der Waals surface area contributed by atoms with E-state index in [2.05, 4.69) is 10.6 Å². The van der Waals surface area contributed by atoms with Crippen LogP contribution in [-0.4, -0.2) is 50.6 Å². The smallest absolute Gasteiger partial charge is 0.407 e. The molecule has 2 N–H and O–H groups in total. The van der Waals surface area contributed by atoms with Gasteiger partial charge in [0.05, 0.1) is 26.3 Å². The van der Waals surface area contributed by atoms with Crippen molar-refractivity contribution in [3.63, 3.8) is 0 Å². The molecule has 1 atom stereocenters. The van der Waals surface area contributed by atoms with Crippen molar-refractivity contribution >= 4 is 41.0 Å². The van der Waals surface area contributed by atoms with Crippen LogP contribution in [0.3, 0.4) is 0 Å². The molecule has 0 heterocycles. The lowest BCUT2D eigenvalue weighted by molar-refractivity contribution is -0.142. The Balaban J connectivity index is 1.32. The summed E-state index contributed by atoms with van der Waals surface area (Å²) in [7, 11) is 2.63. The predicted octanol–water partition coefficient (Wildman–Crippen LogP) is 5.99. The first-order valence-electron chi connectivity index (χ1n) is 13.8. The highest BCUT2D eigenvalue weighted by Gasteiger charge is 2.31. The number of hydrogen-bond acceptors (Lipinski definition) is 7. The molecule has 0 spiro atoms. The largest absolute Gasteiger partial charge is 0.497 e. The standard InChI is InChI=1S/C34H29ClN2O7/c1-42-22-15-16-29(27(17-22)32(39)20-11-13-21(35)14-12-20)36-33(40)30(18-31(38)43-2)37-34(41)44-19-28-25-9-5-3-7-23(25)24-8-4-6-10-26(24)28/h3-17,28,30H,18-19H2,1-2H3,(H,36,40)(H,37,41)/t30-/m0/s1. The maximum absolute atomic E-state index is 13.4. The highest BCUT2D eigenvalue weighted by atomic mass is 35.5. The van der Waals surface area contributed by atoms with Gasteiger partial charge in [0.25, 0.3) is 0 Å². The quantitative estimate of drug-likeness (QED) is 0.167. The number of anilines is 1. The Morgan fingerprint density at radius 1 is 0.841 bits per heavy atom. The van der Waals surface area contributed by atoms with Crippen LogP contribution < -0.4 is 15.4 Å². The number of benzene rings is 4. The molecule has 1 aliphatic rings. The second-order valence-corrected chi connectivity index (χ2v) is 10.5. The molecule has 2 amide bonds. The molecule has 1 aliphatic carbocycles. The molecular weight excluding hydrogens is 584 g/mol. The van der Waals surface area contributed by atoms with Gasteiger partial charge < -0.3 is 24.8 Å². The average Bonchev–Trinajstić information content (AvgIpc) is 3.37. The summed E-state index contributed by atoms with van der Waals surface area (Å²) in [4.78, 5) is 52.0. The zero-order chi connectivity index (χ0) is 31.2. The molecule has 44 heavy (non-hydrogen) atoms. The fourth-order valence-electron chi connectivity index (χ4n) is 5.17. The number of ketones is 1. The van der Waals surface area contributed by atoms with Crippen LogP contribution in [0.5, 0.6) is 5.75 Å². The van der Waals surface area contributed by atoms with Gasteiger partial charge in [-0.1, -0.05) is 60.1 Å². The number of rotatable bonds is 10. The molecule has 0 saturated carbocycles. The van der Waals surface area contributed by atoms with E-state index in [9.17, 15) is 19.2 Å². The number of halogens is 1. The number of nitrogens with one attached hydrogen (secondary N) is 2. The molecule has 0 unspecified atom stereocenters. The zero-order valence-corrected chi connectivity index (χ0v) is 24.7. The van der Waals surface area contributed by atoms with Crippen LogP contribution >= 0.6 is 11.6 Å². The molecule has 5 rings (SSSR count). The second kappa shape index (κ2) is 13.4. The van der Waals surface area contributed by atoms with Gasteiger partial charge in [-0.05, 0) is 64.7 Å². The highest BCUT2D eigenvalue weighted by molar-refractivity contribution is 6.30. The number of esters is 1. The number of methoxy groups -OCH3 is 2. The number of amides is 2. The molecule has 0 radical (unpaired) electrons. The highest BCUT2D eigenvalue weighted by Crippen LogP contribution is 2.44. The van der Waals surface area contributed by atoms with Crippen LogP contribution in [0.15, 0.2) is 91.0 Å². The van der Waals surface area contributed by atoms with E-state index in [0.717, 1.165) is 22.3 Å². The van der Waals surface area contributed by atoms with Crippen LogP contribution in [0.25, 0.3) is 11.1 Å². The number of fused-ring (bicyclic) bond motifs is 3. The Labute approximate surface area is 259 Å². The zero-order valence-electron chi connectivity index (χ0n) is 24.0. The maximum Gasteiger partial charge on any atom is 0.407 e. The Morgan fingerprint density at radius 3 is 2.09 bits per heavy atom. The van der Waals surface area contributed by atoms with Crippen molar-refractivity contribution in [3.8, 4) is 16.9 Å². The SMILES string of the molecule is COC(=O)C[C@H](NC(=O)OCC1c2ccccc2-c2ccccc21)C(=O)Nc1ccc(OC)cc1C(=O)c1ccc(Cl)cc1. The van der Waals surface area contributed by atoms with Gasteiger partial charge in [0.1, 0.15) is 18.4 Å². The van der Waals surface area contributed by atoms with Gasteiger partial charge in [-0.3, -0.25) is 14.4 Å². The third kappa shape index (κ3) is 6.58. The lowest BCUT2D eigenvalue weighted by Gasteiger charge is -2.20. The molecule has 4 aromatic rings. The van der Waals surface area contributed by atoms with Gasteiger partial charge in [-0.15, -0.1) is 0 Å². The van der Waals surface area contributed by atoms with Crippen molar-refractivity contribution in [2.24, 2.45) is 0 Å². The summed E-state index contributed by atoms with van der Waals surface area (Å²) in [5.41, 5.74) is 4.83. The fourth-order valence-corrected chi connectivity index (χ4v) is 5.29. The molecule has 9 nitrogen and oxygen atoms in total. The van der Waals surface area contributed by atoms with Gasteiger partial charge in [0, 0.05) is 22.1 Å². The Morgan fingerprint density at radius 2 is 1.48 bits per heavy atom. The van der Waals surface area contributed by atoms with E-state index >= 15 is 0 Å². The Hall–Kier alpha value is -5.15. The minimum atomic E-state index is -1.36. The molecule has 4 aromatic carbocycles. The minimum Gasteiger partial charge on any atom is -0.497 e. The minimum absolute atomic E-state index is 0.0185. The van der Waals surface area contributed by atoms with E-state index in [4.69, 9.17) is 25.8 Å². The van der Waals surface area contributed by atoms with E-state index in [-0.39, 0.29) is 23.8 Å². The van der Waals surface area contributed by atoms with Crippen LogP contribution in [0.4, 0.5) is 10.5 Å². The monoisotopic (exact) mass is 612 g/mol. The lowest BCUT2D eigenvalue weighted by atomic mass is 9.98. The van der Waals surface area contributed by atoms with Crippen molar-refractivity contribution in [1.29, 1.82) is 0 Å². The summed E-state index contributed by atoms with van der Waals surface area (Å²) in [6.45, 7) is 0.0185. The van der Waals surface area contributed by atoms with E-state index in [1.54, 1.807) is 30.3 Å². The number of hydrogen-bond donors (Lipinski definition) is 2. The Bertz CT molecular complexity index is 1680. The van der Waals surface area contributed by atoms with E-state index in [0.29, 0.717) is 16.3 Å². The van der Waals surface area contributed by atoms with Gasteiger partial charge in [-0.25, -0.2) is 4.79 Å². The third-order valence-corrected chi connectivity index (χ3v) is 7.64. The van der Waals surface area contributed by atoms with Crippen LogP contribution in [-0.2, 0) is 19.1 Å². The number of carbonyl (C=O) groups is 4. The van der Waals surface area contributed by atoms with Crippen molar-refractivity contribution in [3.05, 3.63) is 118 Å². The Kier molecular flexibility index (Phi) is 9.26. The summed E-state index contributed by atoms with van der Waals surface area (Å²) < 4.78 is 15.6. The second-order valence-electron chi connectivity index (χ2n) is 10.0. The molecule has 224 valence electrons. The molecule has 0 aromatic heterocycles. The molecule has 0 saturated heterocycles. The first-order chi connectivity index (χ1) is 21.3. The summed E-state index contributed by atoms with van der Waals surface area (Å²) in [6, 6.07) is 25.3.